The average molecular weight is 372 g/mol. The molecule has 5 rings (SSSR count). The van der Waals surface area contributed by atoms with Crippen molar-refractivity contribution >= 4 is 27.6 Å². The van der Waals surface area contributed by atoms with Crippen LogP contribution in [0.2, 0.25) is 0 Å². The first-order valence-electron chi connectivity index (χ1n) is 9.77. The predicted octanol–water partition coefficient (Wildman–Crippen LogP) is 3.19. The van der Waals surface area contributed by atoms with E-state index < -0.39 is 0 Å². The van der Waals surface area contributed by atoms with E-state index >= 15 is 0 Å². The van der Waals surface area contributed by atoms with Crippen molar-refractivity contribution in [2.45, 2.75) is 70.0 Å². The normalized spacial score (nSPS) is 21.0. The molecule has 1 N–H and O–H groups in total. The van der Waals surface area contributed by atoms with E-state index in [0.717, 1.165) is 52.8 Å². The molecule has 0 spiro atoms. The Morgan fingerprint density at radius 2 is 2.00 bits per heavy atom. The monoisotopic (exact) mass is 372 g/mol. The van der Waals surface area contributed by atoms with E-state index in [9.17, 15) is 9.59 Å². The molecule has 0 atom stereocenters. The number of urea groups is 1. The van der Waals surface area contributed by atoms with E-state index in [4.69, 9.17) is 0 Å². The smallest absolute Gasteiger partial charge is 0.317 e. The number of nitrogens with zero attached hydrogens (tertiary/aromatic N) is 3. The Morgan fingerprint density at radius 3 is 2.77 bits per heavy atom. The fraction of sp³-hybridized carbons (Fsp3) is 0.632. The first kappa shape index (κ1) is 16.3. The van der Waals surface area contributed by atoms with Crippen molar-refractivity contribution < 1.29 is 4.79 Å². The third-order valence-corrected chi connectivity index (χ3v) is 7.07. The van der Waals surface area contributed by atoms with Gasteiger partial charge in [0.15, 0.2) is 0 Å². The summed E-state index contributed by atoms with van der Waals surface area (Å²) in [6.07, 6.45) is 10.5. The van der Waals surface area contributed by atoms with E-state index in [1.807, 2.05) is 4.90 Å². The summed E-state index contributed by atoms with van der Waals surface area (Å²) in [5.41, 5.74) is 1.23. The lowest BCUT2D eigenvalue weighted by atomic mass is 9.96. The van der Waals surface area contributed by atoms with E-state index in [0.29, 0.717) is 25.2 Å². The van der Waals surface area contributed by atoms with Crippen molar-refractivity contribution in [1.29, 1.82) is 0 Å². The van der Waals surface area contributed by atoms with Gasteiger partial charge < -0.3 is 10.2 Å². The van der Waals surface area contributed by atoms with Gasteiger partial charge >= 0.3 is 6.03 Å². The molecule has 0 saturated heterocycles. The van der Waals surface area contributed by atoms with Crippen molar-refractivity contribution in [3.8, 4) is 0 Å². The van der Waals surface area contributed by atoms with Gasteiger partial charge in [-0.1, -0.05) is 19.3 Å². The zero-order chi connectivity index (χ0) is 17.7. The van der Waals surface area contributed by atoms with Gasteiger partial charge in [0.25, 0.3) is 5.56 Å². The summed E-state index contributed by atoms with van der Waals surface area (Å²) < 4.78 is 1.80. The first-order chi connectivity index (χ1) is 12.7. The maximum absolute atomic E-state index is 12.9. The van der Waals surface area contributed by atoms with E-state index in [-0.39, 0.29) is 11.6 Å². The van der Waals surface area contributed by atoms with E-state index in [1.165, 1.54) is 19.3 Å². The topological polar surface area (TPSA) is 67.2 Å². The summed E-state index contributed by atoms with van der Waals surface area (Å²) in [6, 6.07) is 0.715. The molecule has 0 aromatic carbocycles. The second-order valence-electron chi connectivity index (χ2n) is 7.83. The fourth-order valence-corrected chi connectivity index (χ4v) is 5.49. The molecule has 2 aliphatic carbocycles. The van der Waals surface area contributed by atoms with Crippen LogP contribution in [0, 0.1) is 0 Å². The number of carbonyl (C=O) groups is 1. The third kappa shape index (κ3) is 2.82. The van der Waals surface area contributed by atoms with Gasteiger partial charge in [0.05, 0.1) is 18.3 Å². The molecular formula is C19H24N4O2S. The Hall–Kier alpha value is -1.89. The predicted molar refractivity (Wildman–Crippen MR) is 102 cm³/mol. The van der Waals surface area contributed by atoms with Crippen LogP contribution in [0.4, 0.5) is 4.79 Å². The van der Waals surface area contributed by atoms with E-state index in [2.05, 4.69) is 10.3 Å². The minimum absolute atomic E-state index is 0.0448. The molecule has 2 aromatic heterocycles. The minimum Gasteiger partial charge on any atom is -0.335 e. The molecule has 2 amide bonds. The Labute approximate surface area is 156 Å². The quantitative estimate of drug-likeness (QED) is 0.880. The highest BCUT2D eigenvalue weighted by molar-refractivity contribution is 7.18. The highest BCUT2D eigenvalue weighted by Crippen LogP contribution is 2.36. The Balaban J connectivity index is 1.38. The van der Waals surface area contributed by atoms with Crippen LogP contribution in [0.3, 0.4) is 0 Å². The van der Waals surface area contributed by atoms with Crippen LogP contribution in [0.15, 0.2) is 11.1 Å². The lowest BCUT2D eigenvalue weighted by Crippen LogP contribution is -2.47. The molecule has 0 radical (unpaired) electrons. The van der Waals surface area contributed by atoms with Crippen molar-refractivity contribution in [2.75, 3.05) is 6.54 Å². The summed E-state index contributed by atoms with van der Waals surface area (Å²) in [5, 5.41) is 4.00. The Bertz CT molecular complexity index is 908. The second kappa shape index (κ2) is 6.37. The van der Waals surface area contributed by atoms with Gasteiger partial charge in [-0.15, -0.1) is 11.3 Å². The van der Waals surface area contributed by atoms with Crippen LogP contribution in [-0.4, -0.2) is 33.1 Å². The lowest BCUT2D eigenvalue weighted by molar-refractivity contribution is 0.185. The van der Waals surface area contributed by atoms with Gasteiger partial charge in [0.1, 0.15) is 4.83 Å². The number of aromatic nitrogens is 2. The number of carbonyl (C=O) groups excluding carboxylic acids is 1. The van der Waals surface area contributed by atoms with Crippen molar-refractivity contribution in [1.82, 2.24) is 19.8 Å². The van der Waals surface area contributed by atoms with Crippen molar-refractivity contribution in [3.05, 3.63) is 27.1 Å². The van der Waals surface area contributed by atoms with Gasteiger partial charge in [-0.3, -0.25) is 9.36 Å². The molecule has 138 valence electrons. The van der Waals surface area contributed by atoms with Gasteiger partial charge in [-0.2, -0.15) is 0 Å². The van der Waals surface area contributed by atoms with Crippen LogP contribution < -0.4 is 10.9 Å². The van der Waals surface area contributed by atoms with Crippen molar-refractivity contribution in [2.24, 2.45) is 0 Å². The Kier molecular flexibility index (Phi) is 3.99. The lowest BCUT2D eigenvalue weighted by Gasteiger charge is -2.30. The largest absolute Gasteiger partial charge is 0.335 e. The van der Waals surface area contributed by atoms with Gasteiger partial charge in [0, 0.05) is 23.5 Å². The molecule has 3 heterocycles. The maximum atomic E-state index is 12.9. The van der Waals surface area contributed by atoms with Crippen LogP contribution in [0.25, 0.3) is 10.2 Å². The van der Waals surface area contributed by atoms with Crippen LogP contribution in [-0.2, 0) is 13.0 Å². The Morgan fingerprint density at radius 1 is 1.19 bits per heavy atom. The second-order valence-corrected chi connectivity index (χ2v) is 8.91. The molecule has 26 heavy (non-hydrogen) atoms. The number of hydrogen-bond donors (Lipinski definition) is 1. The summed E-state index contributed by atoms with van der Waals surface area (Å²) in [5.74, 6) is 0. The van der Waals surface area contributed by atoms with Gasteiger partial charge in [0.2, 0.25) is 0 Å². The molecular weight excluding hydrogens is 348 g/mol. The van der Waals surface area contributed by atoms with E-state index in [1.54, 1.807) is 22.2 Å². The molecule has 7 heteroatoms. The standard InChI is InChI=1S/C19H24N4O2S/c24-18-16-14-8-9-22(19(25)21-12-4-2-1-3-5-12)10-15(14)26-17(16)20-11-23(18)13-6-7-13/h11-13H,1-10H2,(H,21,25). The molecule has 0 bridgehead atoms. The minimum atomic E-state index is 0.0448. The first-order valence-corrected chi connectivity index (χ1v) is 10.6. The number of fused-ring (bicyclic) bond motifs is 3. The molecule has 6 nitrogen and oxygen atoms in total. The average Bonchev–Trinajstić information content (AvgIpc) is 3.42. The van der Waals surface area contributed by atoms with Gasteiger partial charge in [-0.25, -0.2) is 9.78 Å². The molecule has 0 unspecified atom stereocenters. The van der Waals surface area contributed by atoms with Crippen LogP contribution >= 0.6 is 11.3 Å². The molecule has 1 aliphatic heterocycles. The SMILES string of the molecule is O=C(NC1CCCCC1)N1CCc2c(sc3ncn(C4CC4)c(=O)c23)C1. The molecule has 2 saturated carbocycles. The number of rotatable bonds is 2. The number of amides is 2. The van der Waals surface area contributed by atoms with Crippen LogP contribution in [0.5, 0.6) is 0 Å². The van der Waals surface area contributed by atoms with Crippen molar-refractivity contribution in [3.63, 3.8) is 0 Å². The number of thiophene rings is 1. The van der Waals surface area contributed by atoms with Crippen LogP contribution in [0.1, 0.15) is 61.4 Å². The third-order valence-electron chi connectivity index (χ3n) is 5.95. The highest BCUT2D eigenvalue weighted by Gasteiger charge is 2.30. The fourth-order valence-electron chi connectivity index (χ4n) is 4.30. The molecule has 2 aromatic rings. The molecule has 3 aliphatic rings. The summed E-state index contributed by atoms with van der Waals surface area (Å²) in [7, 11) is 0. The summed E-state index contributed by atoms with van der Waals surface area (Å²) >= 11 is 1.58. The summed E-state index contributed by atoms with van der Waals surface area (Å²) in [4.78, 5) is 33.9. The maximum Gasteiger partial charge on any atom is 0.317 e. The molecule has 2 fully saturated rings. The highest BCUT2D eigenvalue weighted by atomic mass is 32.1. The number of hydrogen-bond acceptors (Lipinski definition) is 4. The number of nitrogens with one attached hydrogen (secondary N) is 1. The summed E-state index contributed by atoms with van der Waals surface area (Å²) in [6.45, 7) is 1.27. The zero-order valence-electron chi connectivity index (χ0n) is 14.9. The van der Waals surface area contributed by atoms with Gasteiger partial charge in [-0.05, 0) is 37.7 Å². The zero-order valence-corrected chi connectivity index (χ0v) is 15.7.